The lowest BCUT2D eigenvalue weighted by molar-refractivity contribution is -0.137. The minimum atomic E-state index is -4.36. The number of alkyl halides is 3. The molecule has 0 saturated carbocycles. The van der Waals surface area contributed by atoms with Crippen molar-refractivity contribution < 1.29 is 13.2 Å². The molecule has 0 aliphatic carbocycles. The molecular weight excluding hydrogens is 271 g/mol. The van der Waals surface area contributed by atoms with Crippen molar-refractivity contribution in [3.8, 4) is 0 Å². The van der Waals surface area contributed by atoms with Crippen molar-refractivity contribution in [1.82, 2.24) is 0 Å². The van der Waals surface area contributed by atoms with Crippen LogP contribution in [-0.2, 0) is 12.6 Å². The van der Waals surface area contributed by atoms with Crippen molar-refractivity contribution in [2.75, 3.05) is 5.73 Å². The fraction of sp³-hybridized carbons (Fsp3) is 0.143. The summed E-state index contributed by atoms with van der Waals surface area (Å²) in [5.41, 5.74) is 7.20. The third kappa shape index (κ3) is 2.18. The standard InChI is InChI=1S/C14H10F3NS/c15-14(16,17)9-6-11(18)10-5-8-3-1-2-4-12(8)19-13(10)7-9/h1-4,6-7H,5,18H2. The highest BCUT2D eigenvalue weighted by atomic mass is 32.2. The largest absolute Gasteiger partial charge is 0.416 e. The van der Waals surface area contributed by atoms with E-state index in [2.05, 4.69) is 0 Å². The van der Waals surface area contributed by atoms with Gasteiger partial charge >= 0.3 is 6.18 Å². The first-order chi connectivity index (χ1) is 8.95. The molecule has 2 aromatic carbocycles. The molecule has 5 heteroatoms. The molecular formula is C14H10F3NS. The number of rotatable bonds is 0. The number of benzene rings is 2. The number of hydrogen-bond donors (Lipinski definition) is 1. The fourth-order valence-electron chi connectivity index (χ4n) is 2.17. The molecule has 0 atom stereocenters. The van der Waals surface area contributed by atoms with E-state index in [-0.39, 0.29) is 5.69 Å². The summed E-state index contributed by atoms with van der Waals surface area (Å²) in [7, 11) is 0. The maximum atomic E-state index is 12.8. The molecule has 1 aliphatic rings. The van der Waals surface area contributed by atoms with E-state index in [1.54, 1.807) is 0 Å². The van der Waals surface area contributed by atoms with Crippen molar-refractivity contribution in [3.63, 3.8) is 0 Å². The minimum absolute atomic E-state index is 0.215. The number of halogens is 3. The van der Waals surface area contributed by atoms with Crippen LogP contribution in [-0.4, -0.2) is 0 Å². The van der Waals surface area contributed by atoms with Gasteiger partial charge in [0.15, 0.2) is 0 Å². The second-order valence-electron chi connectivity index (χ2n) is 4.43. The van der Waals surface area contributed by atoms with E-state index in [0.29, 0.717) is 11.3 Å². The third-order valence-electron chi connectivity index (χ3n) is 3.13. The molecule has 0 amide bonds. The van der Waals surface area contributed by atoms with Crippen LogP contribution >= 0.6 is 11.8 Å². The van der Waals surface area contributed by atoms with Gasteiger partial charge in [0.25, 0.3) is 0 Å². The Bertz CT molecular complexity index is 650. The van der Waals surface area contributed by atoms with Crippen LogP contribution in [0, 0.1) is 0 Å². The maximum absolute atomic E-state index is 12.8. The molecule has 19 heavy (non-hydrogen) atoms. The molecule has 2 aromatic rings. The van der Waals surface area contributed by atoms with E-state index in [0.717, 1.165) is 22.1 Å². The summed E-state index contributed by atoms with van der Waals surface area (Å²) in [6.07, 6.45) is -3.77. The normalized spacial score (nSPS) is 13.8. The molecule has 0 bridgehead atoms. The van der Waals surface area contributed by atoms with Gasteiger partial charge in [0.05, 0.1) is 5.56 Å². The molecule has 2 N–H and O–H groups in total. The minimum Gasteiger partial charge on any atom is -0.398 e. The van der Waals surface area contributed by atoms with E-state index < -0.39 is 11.7 Å². The van der Waals surface area contributed by atoms with Crippen LogP contribution in [0.15, 0.2) is 46.2 Å². The number of anilines is 1. The molecule has 1 heterocycles. The highest BCUT2D eigenvalue weighted by molar-refractivity contribution is 7.99. The predicted octanol–water partition coefficient (Wildman–Crippen LogP) is 4.34. The van der Waals surface area contributed by atoms with Gasteiger partial charge in [0.1, 0.15) is 0 Å². The van der Waals surface area contributed by atoms with Crippen molar-refractivity contribution in [2.24, 2.45) is 0 Å². The molecule has 98 valence electrons. The Morgan fingerprint density at radius 3 is 2.53 bits per heavy atom. The summed E-state index contributed by atoms with van der Waals surface area (Å²) >= 11 is 1.35. The molecule has 3 rings (SSSR count). The maximum Gasteiger partial charge on any atom is 0.416 e. The van der Waals surface area contributed by atoms with Gasteiger partial charge < -0.3 is 5.73 Å². The summed E-state index contributed by atoms with van der Waals surface area (Å²) in [4.78, 5) is 1.60. The number of nitrogens with two attached hydrogens (primary N) is 1. The average molecular weight is 281 g/mol. The summed E-state index contributed by atoms with van der Waals surface area (Å²) in [6.45, 7) is 0. The zero-order valence-electron chi connectivity index (χ0n) is 9.79. The second-order valence-corrected chi connectivity index (χ2v) is 5.51. The van der Waals surface area contributed by atoms with Crippen molar-refractivity contribution in [3.05, 3.63) is 53.1 Å². The Kier molecular flexibility index (Phi) is 2.74. The number of hydrogen-bond acceptors (Lipinski definition) is 2. The van der Waals surface area contributed by atoms with Gasteiger partial charge in [-0.05, 0) is 29.3 Å². The molecule has 0 aromatic heterocycles. The Labute approximate surface area is 112 Å². The first-order valence-corrected chi connectivity index (χ1v) is 6.52. The van der Waals surface area contributed by atoms with Crippen molar-refractivity contribution in [1.29, 1.82) is 0 Å². The Balaban J connectivity index is 2.11. The molecule has 1 nitrogen and oxygen atoms in total. The Morgan fingerprint density at radius 1 is 1.05 bits per heavy atom. The molecule has 0 radical (unpaired) electrons. The highest BCUT2D eigenvalue weighted by Gasteiger charge is 2.32. The lowest BCUT2D eigenvalue weighted by Crippen LogP contribution is -2.10. The monoisotopic (exact) mass is 281 g/mol. The van der Waals surface area contributed by atoms with Gasteiger partial charge in [-0.25, -0.2) is 0 Å². The van der Waals surface area contributed by atoms with Crippen LogP contribution in [0.3, 0.4) is 0 Å². The quantitative estimate of drug-likeness (QED) is 0.620. The van der Waals surface area contributed by atoms with E-state index in [1.165, 1.54) is 17.8 Å². The van der Waals surface area contributed by atoms with Gasteiger partial charge in [0, 0.05) is 21.9 Å². The summed E-state index contributed by atoms with van der Waals surface area (Å²) in [6, 6.07) is 9.90. The summed E-state index contributed by atoms with van der Waals surface area (Å²) in [5, 5.41) is 0. The van der Waals surface area contributed by atoms with Crippen molar-refractivity contribution in [2.45, 2.75) is 22.4 Å². The second kappa shape index (κ2) is 4.20. The van der Waals surface area contributed by atoms with Gasteiger partial charge in [-0.3, -0.25) is 0 Å². The predicted molar refractivity (Wildman–Crippen MR) is 69.2 cm³/mol. The van der Waals surface area contributed by atoms with Gasteiger partial charge in [0.2, 0.25) is 0 Å². The smallest absolute Gasteiger partial charge is 0.398 e. The Hall–Kier alpha value is -1.62. The van der Waals surface area contributed by atoms with Crippen LogP contribution in [0.25, 0.3) is 0 Å². The van der Waals surface area contributed by atoms with Crippen LogP contribution in [0.1, 0.15) is 16.7 Å². The van der Waals surface area contributed by atoms with Crippen LogP contribution in [0.4, 0.5) is 18.9 Å². The highest BCUT2D eigenvalue weighted by Crippen LogP contribution is 2.44. The number of fused-ring (bicyclic) bond motifs is 2. The van der Waals surface area contributed by atoms with E-state index in [4.69, 9.17) is 5.73 Å². The van der Waals surface area contributed by atoms with Crippen LogP contribution in [0.5, 0.6) is 0 Å². The fourth-order valence-corrected chi connectivity index (χ4v) is 3.32. The molecule has 0 unspecified atom stereocenters. The molecule has 0 saturated heterocycles. The SMILES string of the molecule is Nc1cc(C(F)(F)F)cc2c1Cc1ccccc1S2. The van der Waals surface area contributed by atoms with Crippen molar-refractivity contribution >= 4 is 17.4 Å². The zero-order valence-corrected chi connectivity index (χ0v) is 10.6. The molecule has 0 spiro atoms. The molecule has 0 fully saturated rings. The Morgan fingerprint density at radius 2 is 1.79 bits per heavy atom. The summed E-state index contributed by atoms with van der Waals surface area (Å²) in [5.74, 6) is 0. The first-order valence-electron chi connectivity index (χ1n) is 5.70. The zero-order chi connectivity index (χ0) is 13.6. The van der Waals surface area contributed by atoms with Gasteiger partial charge in [-0.15, -0.1) is 0 Å². The van der Waals surface area contributed by atoms with E-state index in [1.807, 2.05) is 24.3 Å². The van der Waals surface area contributed by atoms with Gasteiger partial charge in [-0.2, -0.15) is 13.2 Å². The third-order valence-corrected chi connectivity index (χ3v) is 4.33. The first kappa shape index (κ1) is 12.4. The topological polar surface area (TPSA) is 26.0 Å². The lowest BCUT2D eigenvalue weighted by Gasteiger charge is -2.22. The van der Waals surface area contributed by atoms with E-state index >= 15 is 0 Å². The van der Waals surface area contributed by atoms with Crippen LogP contribution in [0.2, 0.25) is 0 Å². The van der Waals surface area contributed by atoms with Crippen LogP contribution < -0.4 is 5.73 Å². The summed E-state index contributed by atoms with van der Waals surface area (Å²) < 4.78 is 38.3. The lowest BCUT2D eigenvalue weighted by atomic mass is 10.0. The van der Waals surface area contributed by atoms with E-state index in [9.17, 15) is 13.2 Å². The molecule has 1 aliphatic heterocycles. The van der Waals surface area contributed by atoms with Gasteiger partial charge in [-0.1, -0.05) is 30.0 Å². The average Bonchev–Trinajstić information content (AvgIpc) is 2.35. The number of nitrogen functional groups attached to an aromatic ring is 1.